The van der Waals surface area contributed by atoms with Gasteiger partial charge in [-0.1, -0.05) is 30.3 Å². The number of rotatable bonds is 3. The van der Waals surface area contributed by atoms with Crippen LogP contribution in [0.5, 0.6) is 0 Å². The molecule has 0 amide bonds. The summed E-state index contributed by atoms with van der Waals surface area (Å²) in [6.07, 6.45) is 0. The summed E-state index contributed by atoms with van der Waals surface area (Å²) in [5, 5.41) is 5.61. The van der Waals surface area contributed by atoms with Crippen LogP contribution in [0, 0.1) is 0 Å². The van der Waals surface area contributed by atoms with Crippen molar-refractivity contribution in [1.29, 1.82) is 0 Å². The van der Waals surface area contributed by atoms with Gasteiger partial charge in [0.15, 0.2) is 0 Å². The molecule has 1 aromatic rings. The van der Waals surface area contributed by atoms with Crippen LogP contribution in [0.15, 0.2) is 35.4 Å². The molecule has 0 bridgehead atoms. The third kappa shape index (κ3) is 2.80. The molecular weight excluding hydrogens is 186 g/mol. The summed E-state index contributed by atoms with van der Waals surface area (Å²) in [6, 6.07) is 10.6. The molecule has 0 spiro atoms. The zero-order valence-electron chi connectivity index (χ0n) is 8.84. The van der Waals surface area contributed by atoms with Gasteiger partial charge in [-0.2, -0.15) is 5.10 Å². The quantitative estimate of drug-likeness (QED) is 0.688. The van der Waals surface area contributed by atoms with Gasteiger partial charge >= 0.3 is 0 Å². The van der Waals surface area contributed by atoms with Gasteiger partial charge in [-0.15, -0.1) is 0 Å². The molecule has 15 heavy (non-hydrogen) atoms. The van der Waals surface area contributed by atoms with Gasteiger partial charge in [0, 0.05) is 32.7 Å². The molecule has 0 aliphatic carbocycles. The largest absolute Gasteiger partial charge is 0.295 e. The predicted octanol–water partition coefficient (Wildman–Crippen LogP) is 1.30. The van der Waals surface area contributed by atoms with E-state index in [1.807, 2.05) is 5.01 Å². The number of hydrogen-bond donors (Lipinski definition) is 0. The molecule has 1 radical (unpaired) electrons. The minimum atomic E-state index is 0.934. The van der Waals surface area contributed by atoms with Crippen LogP contribution >= 0.6 is 0 Å². The van der Waals surface area contributed by atoms with Crippen LogP contribution in [0.2, 0.25) is 0 Å². The molecule has 1 heterocycles. The number of benzene rings is 1. The maximum absolute atomic E-state index is 5.23. The number of piperazine rings is 1. The first kappa shape index (κ1) is 10.2. The van der Waals surface area contributed by atoms with Crippen LogP contribution in [0.25, 0.3) is 0 Å². The third-order valence-corrected chi connectivity index (χ3v) is 2.76. The summed E-state index contributed by atoms with van der Waals surface area (Å²) in [4.78, 5) is 2.43. The molecule has 2 rings (SSSR count). The second-order valence-corrected chi connectivity index (χ2v) is 3.83. The normalized spacial score (nSPS) is 17.7. The van der Waals surface area contributed by atoms with Crippen LogP contribution in [-0.2, 0) is 6.54 Å². The van der Waals surface area contributed by atoms with Gasteiger partial charge in [-0.05, 0) is 5.56 Å². The Balaban J connectivity index is 1.85. The first-order valence-corrected chi connectivity index (χ1v) is 5.30. The van der Waals surface area contributed by atoms with Crippen LogP contribution in [0.1, 0.15) is 5.56 Å². The summed E-state index contributed by atoms with van der Waals surface area (Å²) >= 11 is 0. The van der Waals surface area contributed by atoms with Gasteiger partial charge < -0.3 is 0 Å². The van der Waals surface area contributed by atoms with E-state index in [0.717, 1.165) is 32.7 Å². The Morgan fingerprint density at radius 2 is 1.73 bits per heavy atom. The van der Waals surface area contributed by atoms with E-state index < -0.39 is 0 Å². The van der Waals surface area contributed by atoms with E-state index in [1.54, 1.807) is 0 Å². The van der Waals surface area contributed by atoms with Crippen molar-refractivity contribution in [2.24, 2.45) is 5.10 Å². The van der Waals surface area contributed by atoms with Gasteiger partial charge in [0.25, 0.3) is 0 Å². The van der Waals surface area contributed by atoms with Crippen molar-refractivity contribution in [3.63, 3.8) is 0 Å². The van der Waals surface area contributed by atoms with Crippen LogP contribution in [-0.4, -0.2) is 42.8 Å². The molecule has 0 saturated carbocycles. The Morgan fingerprint density at radius 3 is 2.33 bits per heavy atom. The molecular formula is C12H16N3. The van der Waals surface area contributed by atoms with Gasteiger partial charge in [0.05, 0.1) is 6.72 Å². The van der Waals surface area contributed by atoms with Gasteiger partial charge in [0.2, 0.25) is 0 Å². The summed E-state index contributed by atoms with van der Waals surface area (Å²) in [7, 11) is 0. The minimum absolute atomic E-state index is 0.934. The molecule has 1 aromatic carbocycles. The molecule has 3 heteroatoms. The van der Waals surface area contributed by atoms with Crippen LogP contribution < -0.4 is 0 Å². The molecule has 1 aliphatic heterocycles. The van der Waals surface area contributed by atoms with Crippen molar-refractivity contribution in [3.8, 4) is 0 Å². The van der Waals surface area contributed by atoms with E-state index in [0.29, 0.717) is 0 Å². The molecule has 0 unspecified atom stereocenters. The summed E-state index contributed by atoms with van der Waals surface area (Å²) in [5.74, 6) is 0. The van der Waals surface area contributed by atoms with Crippen molar-refractivity contribution >= 4 is 6.72 Å². The standard InChI is InChI=1S/C12H16N3/c1-13-15-9-7-14(8-10-15)11-12-5-3-2-4-6-12/h1-6H,7-11H2. The maximum Gasteiger partial charge on any atom is 0.0671 e. The van der Waals surface area contributed by atoms with Crippen molar-refractivity contribution in [1.82, 2.24) is 9.91 Å². The molecule has 1 aliphatic rings. The lowest BCUT2D eigenvalue weighted by molar-refractivity contribution is 0.131. The Labute approximate surface area is 91.0 Å². The first-order chi connectivity index (χ1) is 7.38. The zero-order valence-corrected chi connectivity index (χ0v) is 8.84. The SMILES string of the molecule is [CH]=NN1CCN(Cc2ccccc2)CC1. The van der Waals surface area contributed by atoms with E-state index in [4.69, 9.17) is 6.72 Å². The van der Waals surface area contributed by atoms with E-state index in [1.165, 1.54) is 5.56 Å². The summed E-state index contributed by atoms with van der Waals surface area (Å²) < 4.78 is 0. The molecule has 79 valence electrons. The second kappa shape index (κ2) is 4.94. The van der Waals surface area contributed by atoms with Gasteiger partial charge in [-0.25, -0.2) is 0 Å². The highest BCUT2D eigenvalue weighted by molar-refractivity contribution is 5.22. The molecule has 1 fully saturated rings. The lowest BCUT2D eigenvalue weighted by Gasteiger charge is -2.32. The molecule has 0 atom stereocenters. The third-order valence-electron chi connectivity index (χ3n) is 2.76. The minimum Gasteiger partial charge on any atom is -0.295 e. The smallest absolute Gasteiger partial charge is 0.0671 e. The highest BCUT2D eigenvalue weighted by Gasteiger charge is 2.14. The van der Waals surface area contributed by atoms with Gasteiger partial charge in [-0.3, -0.25) is 9.91 Å². The topological polar surface area (TPSA) is 18.8 Å². The Morgan fingerprint density at radius 1 is 1.07 bits per heavy atom. The monoisotopic (exact) mass is 202 g/mol. The zero-order chi connectivity index (χ0) is 10.5. The van der Waals surface area contributed by atoms with E-state index in [9.17, 15) is 0 Å². The van der Waals surface area contributed by atoms with Gasteiger partial charge in [0.1, 0.15) is 0 Å². The number of nitrogens with zero attached hydrogens (tertiary/aromatic N) is 3. The van der Waals surface area contributed by atoms with E-state index >= 15 is 0 Å². The summed E-state index contributed by atoms with van der Waals surface area (Å²) in [5.41, 5.74) is 1.37. The van der Waals surface area contributed by atoms with Crippen LogP contribution in [0.4, 0.5) is 0 Å². The Kier molecular flexibility index (Phi) is 3.35. The highest BCUT2D eigenvalue weighted by Crippen LogP contribution is 2.07. The molecule has 1 saturated heterocycles. The molecule has 0 N–H and O–H groups in total. The fraction of sp³-hybridized carbons (Fsp3) is 0.417. The fourth-order valence-corrected chi connectivity index (χ4v) is 1.85. The average molecular weight is 202 g/mol. The number of hydrogen-bond acceptors (Lipinski definition) is 3. The van der Waals surface area contributed by atoms with E-state index in [2.05, 4.69) is 40.3 Å². The highest BCUT2D eigenvalue weighted by atomic mass is 15.5. The molecule has 0 aromatic heterocycles. The van der Waals surface area contributed by atoms with Crippen molar-refractivity contribution < 1.29 is 0 Å². The lowest BCUT2D eigenvalue weighted by Crippen LogP contribution is -2.43. The summed E-state index contributed by atoms with van der Waals surface area (Å²) in [6.45, 7) is 10.2. The van der Waals surface area contributed by atoms with Crippen molar-refractivity contribution in [2.45, 2.75) is 6.54 Å². The second-order valence-electron chi connectivity index (χ2n) is 3.83. The van der Waals surface area contributed by atoms with Crippen LogP contribution in [0.3, 0.4) is 0 Å². The average Bonchev–Trinajstić information content (AvgIpc) is 2.31. The van der Waals surface area contributed by atoms with Crippen molar-refractivity contribution in [2.75, 3.05) is 26.2 Å². The maximum atomic E-state index is 5.23. The number of hydrazone groups is 1. The van der Waals surface area contributed by atoms with Crippen molar-refractivity contribution in [3.05, 3.63) is 35.9 Å². The first-order valence-electron chi connectivity index (χ1n) is 5.30. The molecule has 3 nitrogen and oxygen atoms in total. The Hall–Kier alpha value is -1.35. The lowest BCUT2D eigenvalue weighted by atomic mass is 10.2. The fourth-order valence-electron chi connectivity index (χ4n) is 1.85. The predicted molar refractivity (Wildman–Crippen MR) is 61.8 cm³/mol. The van der Waals surface area contributed by atoms with E-state index in [-0.39, 0.29) is 0 Å². The Bertz CT molecular complexity index is 302.